The summed E-state index contributed by atoms with van der Waals surface area (Å²) < 4.78 is 1.62. The average molecular weight is 287 g/mol. The van der Waals surface area contributed by atoms with Crippen LogP contribution < -0.4 is 11.1 Å². The lowest BCUT2D eigenvalue weighted by atomic mass is 10.3. The Kier molecular flexibility index (Phi) is 4.94. The van der Waals surface area contributed by atoms with Gasteiger partial charge < -0.3 is 16.0 Å². The summed E-state index contributed by atoms with van der Waals surface area (Å²) >= 11 is 0. The first-order valence-corrected chi connectivity index (χ1v) is 6.91. The molecule has 21 heavy (non-hydrogen) atoms. The van der Waals surface area contributed by atoms with E-state index in [1.54, 1.807) is 23.0 Å². The fourth-order valence-corrected chi connectivity index (χ4v) is 1.96. The lowest BCUT2D eigenvalue weighted by Gasteiger charge is -2.09. The number of nitrogen functional groups attached to an aromatic ring is 1. The van der Waals surface area contributed by atoms with Crippen LogP contribution in [0.5, 0.6) is 0 Å². The van der Waals surface area contributed by atoms with Gasteiger partial charge in [0.2, 0.25) is 0 Å². The number of aromatic nitrogens is 2. The quantitative estimate of drug-likeness (QED) is 0.617. The Bertz CT molecular complexity index is 606. The fourth-order valence-electron chi connectivity index (χ4n) is 1.96. The predicted octanol–water partition coefficient (Wildman–Crippen LogP) is 1.14. The van der Waals surface area contributed by atoms with Crippen molar-refractivity contribution in [2.24, 2.45) is 0 Å². The van der Waals surface area contributed by atoms with Crippen molar-refractivity contribution in [1.29, 1.82) is 0 Å². The number of amides is 1. The number of hydrogen-bond acceptors (Lipinski definition) is 4. The van der Waals surface area contributed by atoms with Crippen molar-refractivity contribution in [3.05, 3.63) is 42.2 Å². The predicted molar refractivity (Wildman–Crippen MR) is 83.5 cm³/mol. The zero-order chi connectivity index (χ0) is 15.2. The first kappa shape index (κ1) is 15.1. The zero-order valence-corrected chi connectivity index (χ0v) is 12.4. The standard InChI is InChI=1S/C15H21N5O/c1-19(2)10-5-9-17-15(21)13-8-11-20(18-13)14-7-4-3-6-12(14)16/h3-4,6-8,11H,5,9-10,16H2,1-2H3,(H,17,21). The molecule has 0 radical (unpaired) electrons. The van der Waals surface area contributed by atoms with Crippen molar-refractivity contribution >= 4 is 11.6 Å². The maximum Gasteiger partial charge on any atom is 0.271 e. The van der Waals surface area contributed by atoms with Gasteiger partial charge in [-0.1, -0.05) is 12.1 Å². The van der Waals surface area contributed by atoms with Gasteiger partial charge in [0.05, 0.1) is 11.4 Å². The van der Waals surface area contributed by atoms with Crippen LogP contribution in [0.2, 0.25) is 0 Å². The van der Waals surface area contributed by atoms with Gasteiger partial charge in [0.25, 0.3) is 5.91 Å². The van der Waals surface area contributed by atoms with Crippen LogP contribution in [0.15, 0.2) is 36.5 Å². The van der Waals surface area contributed by atoms with Crippen LogP contribution in [0.25, 0.3) is 5.69 Å². The van der Waals surface area contributed by atoms with Crippen LogP contribution in [0.3, 0.4) is 0 Å². The average Bonchev–Trinajstić information content (AvgIpc) is 2.93. The van der Waals surface area contributed by atoms with Gasteiger partial charge in [-0.05, 0) is 45.3 Å². The molecule has 1 aromatic heterocycles. The number of para-hydroxylation sites is 2. The number of nitrogens with two attached hydrogens (primary N) is 1. The third-order valence-corrected chi connectivity index (χ3v) is 3.07. The van der Waals surface area contributed by atoms with Gasteiger partial charge in [0.15, 0.2) is 5.69 Å². The van der Waals surface area contributed by atoms with E-state index >= 15 is 0 Å². The minimum Gasteiger partial charge on any atom is -0.397 e. The minimum atomic E-state index is -0.165. The lowest BCUT2D eigenvalue weighted by Crippen LogP contribution is -2.27. The van der Waals surface area contributed by atoms with Crippen molar-refractivity contribution in [2.45, 2.75) is 6.42 Å². The molecule has 1 amide bonds. The third kappa shape index (κ3) is 4.06. The Balaban J connectivity index is 1.97. The van der Waals surface area contributed by atoms with E-state index < -0.39 is 0 Å². The second-order valence-electron chi connectivity index (χ2n) is 5.12. The van der Waals surface area contributed by atoms with E-state index in [0.717, 1.165) is 18.7 Å². The van der Waals surface area contributed by atoms with Gasteiger partial charge in [-0.3, -0.25) is 4.79 Å². The van der Waals surface area contributed by atoms with Crippen LogP contribution in [0, 0.1) is 0 Å². The molecular formula is C15H21N5O. The summed E-state index contributed by atoms with van der Waals surface area (Å²) in [6.07, 6.45) is 2.64. The Morgan fingerprint density at radius 1 is 1.33 bits per heavy atom. The van der Waals surface area contributed by atoms with Gasteiger partial charge in [-0.2, -0.15) is 5.10 Å². The summed E-state index contributed by atoms with van der Waals surface area (Å²) in [7, 11) is 4.02. The molecule has 0 bridgehead atoms. The largest absolute Gasteiger partial charge is 0.397 e. The second-order valence-corrected chi connectivity index (χ2v) is 5.12. The molecule has 0 atom stereocenters. The summed E-state index contributed by atoms with van der Waals surface area (Å²) in [5.41, 5.74) is 7.68. The van der Waals surface area contributed by atoms with Crippen molar-refractivity contribution in [3.63, 3.8) is 0 Å². The van der Waals surface area contributed by atoms with E-state index in [2.05, 4.69) is 15.3 Å². The number of carbonyl (C=O) groups excluding carboxylic acids is 1. The maximum absolute atomic E-state index is 12.0. The molecule has 0 saturated carbocycles. The molecule has 0 saturated heterocycles. The van der Waals surface area contributed by atoms with Gasteiger partial charge in [-0.15, -0.1) is 0 Å². The summed E-state index contributed by atoms with van der Waals surface area (Å²) in [5.74, 6) is -0.165. The highest BCUT2D eigenvalue weighted by Crippen LogP contribution is 2.15. The molecule has 2 rings (SSSR count). The molecule has 6 heteroatoms. The van der Waals surface area contributed by atoms with Crippen molar-refractivity contribution in [2.75, 3.05) is 32.9 Å². The number of rotatable bonds is 6. The fraction of sp³-hybridized carbons (Fsp3) is 0.333. The summed E-state index contributed by atoms with van der Waals surface area (Å²) in [6, 6.07) is 9.10. The highest BCUT2D eigenvalue weighted by molar-refractivity contribution is 5.92. The molecule has 1 heterocycles. The number of hydrogen-bond donors (Lipinski definition) is 2. The lowest BCUT2D eigenvalue weighted by molar-refractivity contribution is 0.0947. The van der Waals surface area contributed by atoms with Crippen molar-refractivity contribution in [3.8, 4) is 5.69 Å². The number of carbonyl (C=O) groups is 1. The number of anilines is 1. The Hall–Kier alpha value is -2.34. The second kappa shape index (κ2) is 6.90. The van der Waals surface area contributed by atoms with E-state index in [9.17, 15) is 4.79 Å². The Morgan fingerprint density at radius 3 is 2.81 bits per heavy atom. The van der Waals surface area contributed by atoms with E-state index in [0.29, 0.717) is 17.9 Å². The highest BCUT2D eigenvalue weighted by atomic mass is 16.1. The molecule has 0 aliphatic heterocycles. The first-order valence-electron chi connectivity index (χ1n) is 6.91. The van der Waals surface area contributed by atoms with Crippen molar-refractivity contribution in [1.82, 2.24) is 20.0 Å². The van der Waals surface area contributed by atoms with E-state index in [1.807, 2.05) is 32.3 Å². The minimum absolute atomic E-state index is 0.165. The molecule has 112 valence electrons. The van der Waals surface area contributed by atoms with Crippen LogP contribution in [-0.4, -0.2) is 47.8 Å². The molecule has 0 unspecified atom stereocenters. The summed E-state index contributed by atoms with van der Waals surface area (Å²) in [4.78, 5) is 14.1. The molecule has 2 aromatic rings. The van der Waals surface area contributed by atoms with Gasteiger partial charge in [0, 0.05) is 12.7 Å². The molecule has 0 spiro atoms. The topological polar surface area (TPSA) is 76.2 Å². The van der Waals surface area contributed by atoms with Gasteiger partial charge in [0.1, 0.15) is 0 Å². The Labute approximate surface area is 124 Å². The third-order valence-electron chi connectivity index (χ3n) is 3.07. The molecule has 6 nitrogen and oxygen atoms in total. The van der Waals surface area contributed by atoms with Gasteiger partial charge in [-0.25, -0.2) is 4.68 Å². The van der Waals surface area contributed by atoms with Crippen LogP contribution in [-0.2, 0) is 0 Å². The first-order chi connectivity index (χ1) is 10.1. The molecule has 0 aliphatic carbocycles. The smallest absolute Gasteiger partial charge is 0.271 e. The molecule has 1 aromatic carbocycles. The number of nitrogens with zero attached hydrogens (tertiary/aromatic N) is 3. The summed E-state index contributed by atoms with van der Waals surface area (Å²) in [6.45, 7) is 1.58. The molecule has 0 fully saturated rings. The number of benzene rings is 1. The molecular weight excluding hydrogens is 266 g/mol. The van der Waals surface area contributed by atoms with Crippen molar-refractivity contribution < 1.29 is 4.79 Å². The molecule has 3 N–H and O–H groups in total. The van der Waals surface area contributed by atoms with Crippen LogP contribution in [0.4, 0.5) is 5.69 Å². The van der Waals surface area contributed by atoms with E-state index in [4.69, 9.17) is 5.73 Å². The summed E-state index contributed by atoms with van der Waals surface area (Å²) in [5, 5.41) is 7.13. The van der Waals surface area contributed by atoms with E-state index in [-0.39, 0.29) is 5.91 Å². The monoisotopic (exact) mass is 287 g/mol. The van der Waals surface area contributed by atoms with Crippen LogP contribution >= 0.6 is 0 Å². The maximum atomic E-state index is 12.0. The Morgan fingerprint density at radius 2 is 2.10 bits per heavy atom. The van der Waals surface area contributed by atoms with Crippen LogP contribution in [0.1, 0.15) is 16.9 Å². The van der Waals surface area contributed by atoms with E-state index in [1.165, 1.54) is 0 Å². The SMILES string of the molecule is CN(C)CCCNC(=O)c1ccn(-c2ccccc2N)n1. The zero-order valence-electron chi connectivity index (χ0n) is 12.4. The normalized spacial score (nSPS) is 10.8. The van der Waals surface area contributed by atoms with Gasteiger partial charge >= 0.3 is 0 Å². The number of nitrogens with one attached hydrogen (secondary N) is 1. The molecule has 0 aliphatic rings. The highest BCUT2D eigenvalue weighted by Gasteiger charge is 2.10.